The lowest BCUT2D eigenvalue weighted by molar-refractivity contribution is -0.166. The lowest BCUT2D eigenvalue weighted by Gasteiger charge is -2.54. The zero-order valence-electron chi connectivity index (χ0n) is 14.4. The lowest BCUT2D eigenvalue weighted by atomic mass is 9.45. The van der Waals surface area contributed by atoms with Gasteiger partial charge in [-0.2, -0.15) is 0 Å². The summed E-state index contributed by atoms with van der Waals surface area (Å²) in [5.74, 6) is 0.457. The molecule has 4 atom stereocenters. The van der Waals surface area contributed by atoms with Gasteiger partial charge in [-0.05, 0) is 43.1 Å². The molecule has 1 aromatic carbocycles. The molecule has 4 unspecified atom stereocenters. The Morgan fingerprint density at radius 3 is 2.68 bits per heavy atom. The Labute approximate surface area is 147 Å². The van der Waals surface area contributed by atoms with Crippen LogP contribution in [-0.2, 0) is 25.7 Å². The smallest absolute Gasteiger partial charge is 0.147 e. The van der Waals surface area contributed by atoms with Crippen molar-refractivity contribution in [2.24, 2.45) is 22.7 Å². The number of benzene rings is 1. The molecule has 132 valence electrons. The van der Waals surface area contributed by atoms with Crippen molar-refractivity contribution < 1.29 is 19.1 Å². The minimum Gasteiger partial charge on any atom is -0.377 e. The number of Topliss-reactive ketones (excluding diaryl/α,β-unsaturated/α-hetero) is 2. The Morgan fingerprint density at radius 1 is 1.12 bits per heavy atom. The van der Waals surface area contributed by atoms with E-state index < -0.39 is 10.8 Å². The number of ether oxygens (including phenoxy) is 1. The van der Waals surface area contributed by atoms with E-state index in [1.165, 1.54) is 0 Å². The number of carbonyl (C=O) groups excluding carboxylic acids is 3. The Bertz CT molecular complexity index is 697. The molecule has 0 N–H and O–H groups in total. The standard InChI is InChI=1S/C21H24O4/c22-14-20-12-16-9-17(11-18(20)23)21(20,19(24)10-16)7-4-8-25-13-15-5-2-1-3-6-15/h1-3,5-6,14,16-17H,4,7-13H2. The monoisotopic (exact) mass is 340 g/mol. The van der Waals surface area contributed by atoms with Gasteiger partial charge in [-0.15, -0.1) is 0 Å². The molecule has 4 fully saturated rings. The second kappa shape index (κ2) is 6.17. The van der Waals surface area contributed by atoms with Crippen LogP contribution < -0.4 is 0 Å². The minimum absolute atomic E-state index is 0.00764. The summed E-state index contributed by atoms with van der Waals surface area (Å²) < 4.78 is 5.75. The first-order valence-electron chi connectivity index (χ1n) is 9.27. The van der Waals surface area contributed by atoms with Crippen molar-refractivity contribution in [3.8, 4) is 0 Å². The Morgan fingerprint density at radius 2 is 1.92 bits per heavy atom. The number of rotatable bonds is 7. The van der Waals surface area contributed by atoms with Gasteiger partial charge in [-0.3, -0.25) is 9.59 Å². The number of hydrogen-bond donors (Lipinski definition) is 0. The molecule has 5 rings (SSSR count). The third kappa shape index (κ3) is 2.34. The second-order valence-electron chi connectivity index (χ2n) is 7.96. The summed E-state index contributed by atoms with van der Waals surface area (Å²) in [4.78, 5) is 37.5. The topological polar surface area (TPSA) is 60.4 Å². The van der Waals surface area contributed by atoms with Crippen molar-refractivity contribution in [3.05, 3.63) is 35.9 Å². The molecule has 0 amide bonds. The van der Waals surface area contributed by atoms with E-state index in [4.69, 9.17) is 4.74 Å². The Balaban J connectivity index is 1.43. The third-order valence-electron chi connectivity index (χ3n) is 6.80. The van der Waals surface area contributed by atoms with Crippen molar-refractivity contribution in [1.82, 2.24) is 0 Å². The van der Waals surface area contributed by atoms with E-state index in [9.17, 15) is 14.4 Å². The predicted molar refractivity (Wildman–Crippen MR) is 91.7 cm³/mol. The summed E-state index contributed by atoms with van der Waals surface area (Å²) in [6, 6.07) is 9.97. The van der Waals surface area contributed by atoms with Crippen molar-refractivity contribution in [1.29, 1.82) is 0 Å². The summed E-state index contributed by atoms with van der Waals surface area (Å²) in [5.41, 5.74) is -0.652. The molecular weight excluding hydrogens is 316 g/mol. The van der Waals surface area contributed by atoms with Gasteiger partial charge in [-0.1, -0.05) is 30.3 Å². The van der Waals surface area contributed by atoms with Gasteiger partial charge in [0.05, 0.1) is 17.4 Å². The van der Waals surface area contributed by atoms with Gasteiger partial charge < -0.3 is 9.53 Å². The van der Waals surface area contributed by atoms with E-state index in [-0.39, 0.29) is 23.4 Å². The van der Waals surface area contributed by atoms with E-state index in [0.29, 0.717) is 45.3 Å². The molecule has 4 saturated carbocycles. The molecule has 0 saturated heterocycles. The van der Waals surface area contributed by atoms with Crippen LogP contribution >= 0.6 is 0 Å². The molecule has 4 nitrogen and oxygen atoms in total. The van der Waals surface area contributed by atoms with Crippen molar-refractivity contribution >= 4 is 17.9 Å². The van der Waals surface area contributed by atoms with Crippen LogP contribution in [0, 0.1) is 22.7 Å². The highest BCUT2D eigenvalue weighted by Crippen LogP contribution is 2.68. The summed E-state index contributed by atoms with van der Waals surface area (Å²) in [6.45, 7) is 1.09. The number of aldehydes is 1. The van der Waals surface area contributed by atoms with Crippen molar-refractivity contribution in [2.45, 2.75) is 45.1 Å². The second-order valence-corrected chi connectivity index (χ2v) is 7.96. The average Bonchev–Trinajstić information content (AvgIpc) is 2.77. The van der Waals surface area contributed by atoms with Gasteiger partial charge in [0.15, 0.2) is 0 Å². The zero-order valence-corrected chi connectivity index (χ0v) is 14.4. The van der Waals surface area contributed by atoms with Crippen LogP contribution in [0.1, 0.15) is 44.1 Å². The lowest BCUT2D eigenvalue weighted by Crippen LogP contribution is -2.59. The molecule has 0 radical (unpaired) electrons. The zero-order chi connectivity index (χ0) is 17.5. The van der Waals surface area contributed by atoms with E-state index in [1.54, 1.807) is 0 Å². The normalized spacial score (nSPS) is 36.0. The molecule has 0 aromatic heterocycles. The maximum atomic E-state index is 12.9. The maximum absolute atomic E-state index is 12.9. The van der Waals surface area contributed by atoms with Gasteiger partial charge in [-0.25, -0.2) is 0 Å². The average molecular weight is 340 g/mol. The number of carbonyl (C=O) groups is 3. The minimum atomic E-state index is -1.03. The molecule has 4 bridgehead atoms. The van der Waals surface area contributed by atoms with Crippen LogP contribution in [0.2, 0.25) is 0 Å². The summed E-state index contributed by atoms with van der Waals surface area (Å²) in [6.07, 6.45) is 4.60. The summed E-state index contributed by atoms with van der Waals surface area (Å²) in [7, 11) is 0. The first-order chi connectivity index (χ1) is 12.1. The van der Waals surface area contributed by atoms with Crippen LogP contribution in [-0.4, -0.2) is 24.5 Å². The largest absolute Gasteiger partial charge is 0.377 e. The molecular formula is C21H24O4. The van der Waals surface area contributed by atoms with Gasteiger partial charge in [0.2, 0.25) is 0 Å². The van der Waals surface area contributed by atoms with Crippen LogP contribution in [0.3, 0.4) is 0 Å². The molecule has 4 aliphatic rings. The van der Waals surface area contributed by atoms with Gasteiger partial charge in [0.25, 0.3) is 0 Å². The molecule has 25 heavy (non-hydrogen) atoms. The molecule has 4 heteroatoms. The summed E-state index contributed by atoms with van der Waals surface area (Å²) in [5, 5.41) is 0. The fraction of sp³-hybridized carbons (Fsp3) is 0.571. The van der Waals surface area contributed by atoms with Gasteiger partial charge >= 0.3 is 0 Å². The van der Waals surface area contributed by atoms with Gasteiger partial charge in [0, 0.05) is 19.4 Å². The quantitative estimate of drug-likeness (QED) is 0.435. The van der Waals surface area contributed by atoms with Crippen molar-refractivity contribution in [2.75, 3.05) is 6.61 Å². The third-order valence-corrected chi connectivity index (χ3v) is 6.80. The first kappa shape index (κ1) is 16.6. The van der Waals surface area contributed by atoms with E-state index in [2.05, 4.69) is 0 Å². The highest BCUT2D eigenvalue weighted by Gasteiger charge is 2.73. The SMILES string of the molecule is O=CC12CC3CC(=O)C1(CCCOCc1ccccc1)C(CC2=O)C3. The summed E-state index contributed by atoms with van der Waals surface area (Å²) >= 11 is 0. The molecule has 0 aliphatic heterocycles. The Kier molecular flexibility index (Phi) is 4.11. The predicted octanol–water partition coefficient (Wildman–Crippen LogP) is 3.13. The van der Waals surface area contributed by atoms with Crippen LogP contribution in [0.4, 0.5) is 0 Å². The fourth-order valence-corrected chi connectivity index (χ4v) is 5.79. The number of ketones is 2. The fourth-order valence-electron chi connectivity index (χ4n) is 5.79. The number of fused-ring (bicyclic) bond motifs is 1. The first-order valence-corrected chi connectivity index (χ1v) is 9.27. The highest BCUT2D eigenvalue weighted by molar-refractivity contribution is 6.10. The number of hydrogen-bond acceptors (Lipinski definition) is 4. The molecule has 4 aliphatic carbocycles. The Hall–Kier alpha value is -1.81. The van der Waals surface area contributed by atoms with Gasteiger partial charge in [0.1, 0.15) is 17.9 Å². The highest BCUT2D eigenvalue weighted by atomic mass is 16.5. The maximum Gasteiger partial charge on any atom is 0.147 e. The molecule has 1 aromatic rings. The molecule has 0 heterocycles. The van der Waals surface area contributed by atoms with E-state index >= 15 is 0 Å². The van der Waals surface area contributed by atoms with Crippen LogP contribution in [0.5, 0.6) is 0 Å². The van der Waals surface area contributed by atoms with Crippen LogP contribution in [0.25, 0.3) is 0 Å². The molecule has 0 spiro atoms. The van der Waals surface area contributed by atoms with Crippen molar-refractivity contribution in [3.63, 3.8) is 0 Å². The van der Waals surface area contributed by atoms with E-state index in [1.807, 2.05) is 30.3 Å². The van der Waals surface area contributed by atoms with E-state index in [0.717, 1.165) is 18.3 Å². The van der Waals surface area contributed by atoms with Crippen LogP contribution in [0.15, 0.2) is 30.3 Å².